The van der Waals surface area contributed by atoms with E-state index in [2.05, 4.69) is 30.6 Å². The highest BCUT2D eigenvalue weighted by molar-refractivity contribution is 5.94. The van der Waals surface area contributed by atoms with Gasteiger partial charge in [0.1, 0.15) is 11.6 Å². The Morgan fingerprint density at radius 3 is 2.34 bits per heavy atom. The Kier molecular flexibility index (Phi) is 6.62. The number of carbonyl (C=O) groups excluding carboxylic acids is 1. The van der Waals surface area contributed by atoms with E-state index in [4.69, 9.17) is 4.74 Å². The van der Waals surface area contributed by atoms with Crippen LogP contribution in [-0.4, -0.2) is 31.9 Å². The van der Waals surface area contributed by atoms with Gasteiger partial charge in [-0.15, -0.1) is 0 Å². The normalized spacial score (nSPS) is 11.4. The number of rotatable bonds is 8. The summed E-state index contributed by atoms with van der Waals surface area (Å²) in [6.07, 6.45) is 7.01. The zero-order chi connectivity index (χ0) is 22.2. The lowest BCUT2D eigenvalue weighted by molar-refractivity contribution is 0.0931. The summed E-state index contributed by atoms with van der Waals surface area (Å²) in [5.74, 6) is 1.06. The largest absolute Gasteiger partial charge is 0.437 e. The number of amides is 1. The van der Waals surface area contributed by atoms with Crippen molar-refractivity contribution in [2.75, 3.05) is 5.32 Å². The Morgan fingerprint density at radius 1 is 0.875 bits per heavy atom. The number of carbonyl (C=O) groups is 1. The van der Waals surface area contributed by atoms with Gasteiger partial charge in [-0.05, 0) is 55.5 Å². The second-order valence-corrected chi connectivity index (χ2v) is 7.08. The molecule has 0 spiro atoms. The Hall–Kier alpha value is -4.33. The molecule has 0 aliphatic heterocycles. The van der Waals surface area contributed by atoms with Crippen molar-refractivity contribution < 1.29 is 9.53 Å². The van der Waals surface area contributed by atoms with Crippen LogP contribution in [0.3, 0.4) is 0 Å². The van der Waals surface area contributed by atoms with Crippen LogP contribution in [0.2, 0.25) is 0 Å². The van der Waals surface area contributed by atoms with Gasteiger partial charge in [-0.3, -0.25) is 9.78 Å². The maximum Gasteiger partial charge on any atom is 0.275 e. The number of hydrogen-bond acceptors (Lipinski definition) is 7. The average Bonchev–Trinajstić information content (AvgIpc) is 2.82. The maximum atomic E-state index is 12.8. The molecule has 160 valence electrons. The molecule has 1 unspecified atom stereocenters. The monoisotopic (exact) mass is 426 g/mol. The van der Waals surface area contributed by atoms with Crippen LogP contribution in [0.1, 0.15) is 23.1 Å². The first kappa shape index (κ1) is 20.9. The Labute approximate surface area is 185 Å². The summed E-state index contributed by atoms with van der Waals surface area (Å²) in [4.78, 5) is 29.7. The predicted molar refractivity (Wildman–Crippen MR) is 121 cm³/mol. The molecule has 3 heterocycles. The standard InChI is InChI=1S/C24H22N6O2/c1-17(16-19-6-2-4-12-25-19)29-23(31)22-24(28-15-14-27-22)32-20-10-8-18(9-11-20)30-21-7-3-5-13-26-21/h2-15,17H,16H2,1H3,(H,26,30)(H,29,31). The van der Waals surface area contributed by atoms with Crippen molar-refractivity contribution in [1.29, 1.82) is 0 Å². The van der Waals surface area contributed by atoms with Gasteiger partial charge < -0.3 is 15.4 Å². The van der Waals surface area contributed by atoms with E-state index in [9.17, 15) is 4.79 Å². The summed E-state index contributed by atoms with van der Waals surface area (Å²) in [6, 6.07) is 18.5. The first-order valence-corrected chi connectivity index (χ1v) is 10.1. The Balaban J connectivity index is 1.41. The van der Waals surface area contributed by atoms with Crippen LogP contribution in [0.25, 0.3) is 0 Å². The number of pyridine rings is 2. The molecule has 0 saturated heterocycles. The first-order valence-electron chi connectivity index (χ1n) is 10.1. The van der Waals surface area contributed by atoms with Crippen molar-refractivity contribution >= 4 is 17.4 Å². The molecule has 3 aromatic heterocycles. The second kappa shape index (κ2) is 10.1. The smallest absolute Gasteiger partial charge is 0.275 e. The second-order valence-electron chi connectivity index (χ2n) is 7.08. The van der Waals surface area contributed by atoms with Crippen molar-refractivity contribution in [2.24, 2.45) is 0 Å². The SMILES string of the molecule is CC(Cc1ccccn1)NC(=O)c1nccnc1Oc1ccc(Nc2ccccn2)cc1. The van der Waals surface area contributed by atoms with E-state index in [0.717, 1.165) is 17.2 Å². The van der Waals surface area contributed by atoms with Crippen LogP contribution in [-0.2, 0) is 6.42 Å². The Bertz CT molecular complexity index is 1150. The number of benzene rings is 1. The molecule has 32 heavy (non-hydrogen) atoms. The number of hydrogen-bond donors (Lipinski definition) is 2. The van der Waals surface area contributed by atoms with E-state index in [1.54, 1.807) is 24.5 Å². The molecule has 0 saturated carbocycles. The molecule has 0 bridgehead atoms. The summed E-state index contributed by atoms with van der Waals surface area (Å²) < 4.78 is 5.85. The van der Waals surface area contributed by atoms with Crippen LogP contribution in [0.15, 0.2) is 85.5 Å². The van der Waals surface area contributed by atoms with Gasteiger partial charge in [0.15, 0.2) is 5.69 Å². The van der Waals surface area contributed by atoms with E-state index in [-0.39, 0.29) is 23.5 Å². The highest BCUT2D eigenvalue weighted by Gasteiger charge is 2.18. The molecule has 8 nitrogen and oxygen atoms in total. The number of anilines is 2. The van der Waals surface area contributed by atoms with Crippen LogP contribution in [0.4, 0.5) is 11.5 Å². The lowest BCUT2D eigenvalue weighted by Crippen LogP contribution is -2.35. The third kappa shape index (κ3) is 5.63. The highest BCUT2D eigenvalue weighted by atomic mass is 16.5. The Morgan fingerprint density at radius 2 is 1.62 bits per heavy atom. The quantitative estimate of drug-likeness (QED) is 0.436. The minimum atomic E-state index is -0.357. The van der Waals surface area contributed by atoms with Crippen molar-refractivity contribution in [3.63, 3.8) is 0 Å². The molecular formula is C24H22N6O2. The highest BCUT2D eigenvalue weighted by Crippen LogP contribution is 2.24. The average molecular weight is 426 g/mol. The summed E-state index contributed by atoms with van der Waals surface area (Å²) >= 11 is 0. The van der Waals surface area contributed by atoms with Crippen molar-refractivity contribution in [3.8, 4) is 11.6 Å². The molecule has 1 amide bonds. The molecular weight excluding hydrogens is 404 g/mol. The minimum absolute atomic E-state index is 0.121. The van der Waals surface area contributed by atoms with Gasteiger partial charge in [0.25, 0.3) is 11.8 Å². The topological polar surface area (TPSA) is 102 Å². The van der Waals surface area contributed by atoms with Gasteiger partial charge >= 0.3 is 0 Å². The van der Waals surface area contributed by atoms with E-state index < -0.39 is 0 Å². The fourth-order valence-electron chi connectivity index (χ4n) is 3.03. The number of ether oxygens (including phenoxy) is 1. The van der Waals surface area contributed by atoms with Gasteiger partial charge in [0.2, 0.25) is 0 Å². The zero-order valence-electron chi connectivity index (χ0n) is 17.5. The van der Waals surface area contributed by atoms with Crippen LogP contribution >= 0.6 is 0 Å². The van der Waals surface area contributed by atoms with E-state index in [1.165, 1.54) is 12.4 Å². The number of nitrogens with one attached hydrogen (secondary N) is 2. The maximum absolute atomic E-state index is 12.8. The lowest BCUT2D eigenvalue weighted by Gasteiger charge is -2.14. The van der Waals surface area contributed by atoms with Gasteiger partial charge in [-0.2, -0.15) is 0 Å². The molecule has 0 radical (unpaired) electrons. The fourth-order valence-corrected chi connectivity index (χ4v) is 3.03. The molecule has 8 heteroatoms. The number of nitrogens with zero attached hydrogens (tertiary/aromatic N) is 4. The van der Waals surface area contributed by atoms with Crippen LogP contribution in [0.5, 0.6) is 11.6 Å². The van der Waals surface area contributed by atoms with Crippen LogP contribution < -0.4 is 15.4 Å². The first-order chi connectivity index (χ1) is 15.7. The van der Waals surface area contributed by atoms with Crippen molar-refractivity contribution in [3.05, 3.63) is 96.8 Å². The summed E-state index contributed by atoms with van der Waals surface area (Å²) in [5, 5.41) is 6.13. The van der Waals surface area contributed by atoms with E-state index >= 15 is 0 Å². The van der Waals surface area contributed by atoms with Crippen LogP contribution in [0, 0.1) is 0 Å². The minimum Gasteiger partial charge on any atom is -0.437 e. The van der Waals surface area contributed by atoms with Crippen molar-refractivity contribution in [2.45, 2.75) is 19.4 Å². The molecule has 1 aromatic carbocycles. The zero-order valence-corrected chi connectivity index (χ0v) is 17.5. The number of aromatic nitrogens is 4. The summed E-state index contributed by atoms with van der Waals surface area (Å²) in [6.45, 7) is 1.91. The molecule has 0 aliphatic rings. The summed E-state index contributed by atoms with van der Waals surface area (Å²) in [7, 11) is 0. The molecule has 2 N–H and O–H groups in total. The van der Waals surface area contributed by atoms with Gasteiger partial charge in [-0.25, -0.2) is 15.0 Å². The third-order valence-corrected chi connectivity index (χ3v) is 4.50. The van der Waals surface area contributed by atoms with Gasteiger partial charge in [-0.1, -0.05) is 12.1 Å². The molecule has 4 rings (SSSR count). The molecule has 0 aliphatic carbocycles. The summed E-state index contributed by atoms with van der Waals surface area (Å²) in [5.41, 5.74) is 1.88. The molecule has 1 atom stereocenters. The molecule has 4 aromatic rings. The molecule has 0 fully saturated rings. The fraction of sp³-hybridized carbons (Fsp3) is 0.125. The van der Waals surface area contributed by atoms with Gasteiger partial charge in [0, 0.05) is 48.6 Å². The third-order valence-electron chi connectivity index (χ3n) is 4.50. The van der Waals surface area contributed by atoms with Gasteiger partial charge in [0.05, 0.1) is 0 Å². The van der Waals surface area contributed by atoms with E-state index in [0.29, 0.717) is 12.2 Å². The van der Waals surface area contributed by atoms with E-state index in [1.807, 2.05) is 55.5 Å². The predicted octanol–water partition coefficient (Wildman–Crippen LogP) is 4.16. The van der Waals surface area contributed by atoms with Crippen molar-refractivity contribution in [1.82, 2.24) is 25.3 Å². The lowest BCUT2D eigenvalue weighted by atomic mass is 10.1.